The minimum Gasteiger partial charge on any atom is -0.493 e. The van der Waals surface area contributed by atoms with Crippen molar-refractivity contribution in [3.05, 3.63) is 83.3 Å². The van der Waals surface area contributed by atoms with Crippen LogP contribution in [0.5, 0.6) is 11.5 Å². The van der Waals surface area contributed by atoms with Crippen molar-refractivity contribution in [2.45, 2.75) is 23.8 Å². The zero-order chi connectivity index (χ0) is 22.9. The Labute approximate surface area is 188 Å². The molecule has 0 aliphatic carbocycles. The van der Waals surface area contributed by atoms with E-state index in [-0.39, 0.29) is 29.8 Å². The van der Waals surface area contributed by atoms with Crippen LogP contribution in [0.1, 0.15) is 21.5 Å². The summed E-state index contributed by atoms with van der Waals surface area (Å²) in [4.78, 5) is 17.0. The van der Waals surface area contributed by atoms with Crippen LogP contribution in [0.15, 0.2) is 65.8 Å². The average molecular weight is 462 g/mol. The van der Waals surface area contributed by atoms with Crippen molar-refractivity contribution in [3.63, 3.8) is 0 Å². The molecule has 1 heterocycles. The summed E-state index contributed by atoms with van der Waals surface area (Å²) >= 11 is 1.38. The Bertz CT molecular complexity index is 1050. The number of hydrogen-bond donors (Lipinski definition) is 1. The number of methoxy groups -OCH3 is 1. The molecule has 0 spiro atoms. The highest BCUT2D eigenvalue weighted by Gasteiger charge is 2.14. The third kappa shape index (κ3) is 6.65. The molecule has 1 N–H and O–H groups in total. The lowest BCUT2D eigenvalue weighted by molar-refractivity contribution is -0.0512. The third-order valence-corrected chi connectivity index (χ3v) is 5.52. The SMILES string of the molecule is COc1ccc(CCNC(=O)c2cccnc2SCc2ccc(F)cc2)cc1OC(F)F. The number of nitrogens with one attached hydrogen (secondary N) is 1. The standard InChI is InChI=1S/C23H21F3N2O3S/c1-30-19-9-6-15(13-20(19)31-23(25)26)10-12-27-21(29)18-3-2-11-28-22(18)32-14-16-4-7-17(24)8-5-16/h2-9,11,13,23H,10,12,14H2,1H3,(H,27,29). The maximum absolute atomic E-state index is 13.1. The van der Waals surface area contributed by atoms with Crippen molar-refractivity contribution in [2.75, 3.05) is 13.7 Å². The molecule has 0 saturated heterocycles. The summed E-state index contributed by atoms with van der Waals surface area (Å²) in [5, 5.41) is 3.38. The lowest BCUT2D eigenvalue weighted by Crippen LogP contribution is -2.26. The number of alkyl halides is 2. The number of aromatic nitrogens is 1. The predicted molar refractivity (Wildman–Crippen MR) is 116 cm³/mol. The van der Waals surface area contributed by atoms with Gasteiger partial charge in [-0.3, -0.25) is 4.79 Å². The summed E-state index contributed by atoms with van der Waals surface area (Å²) in [6, 6.07) is 14.2. The molecule has 0 fully saturated rings. The molecular weight excluding hydrogens is 441 g/mol. The van der Waals surface area contributed by atoms with Crippen LogP contribution in [0.3, 0.4) is 0 Å². The molecule has 32 heavy (non-hydrogen) atoms. The van der Waals surface area contributed by atoms with Crippen LogP contribution in [0.2, 0.25) is 0 Å². The van der Waals surface area contributed by atoms with Gasteiger partial charge < -0.3 is 14.8 Å². The molecule has 3 aromatic rings. The largest absolute Gasteiger partial charge is 0.493 e. The second-order valence-electron chi connectivity index (χ2n) is 6.64. The molecule has 2 aromatic carbocycles. The van der Waals surface area contributed by atoms with Crippen LogP contribution in [0.25, 0.3) is 0 Å². The van der Waals surface area contributed by atoms with Gasteiger partial charge in [-0.2, -0.15) is 8.78 Å². The first-order chi connectivity index (χ1) is 15.5. The van der Waals surface area contributed by atoms with E-state index in [1.807, 2.05) is 0 Å². The van der Waals surface area contributed by atoms with E-state index in [1.165, 1.54) is 37.1 Å². The monoisotopic (exact) mass is 462 g/mol. The Hall–Kier alpha value is -3.20. The van der Waals surface area contributed by atoms with Crippen molar-refractivity contribution < 1.29 is 27.4 Å². The lowest BCUT2D eigenvalue weighted by Gasteiger charge is -2.12. The fraction of sp³-hybridized carbons (Fsp3) is 0.217. The number of thioether (sulfide) groups is 1. The van der Waals surface area contributed by atoms with Crippen molar-refractivity contribution in [1.82, 2.24) is 10.3 Å². The van der Waals surface area contributed by atoms with Gasteiger partial charge in [0.2, 0.25) is 0 Å². The van der Waals surface area contributed by atoms with Gasteiger partial charge in [-0.1, -0.05) is 18.2 Å². The second-order valence-corrected chi connectivity index (χ2v) is 7.60. The number of pyridine rings is 1. The number of hydrogen-bond acceptors (Lipinski definition) is 5. The normalized spacial score (nSPS) is 10.8. The van der Waals surface area contributed by atoms with Crippen LogP contribution in [0, 0.1) is 5.82 Å². The molecule has 0 unspecified atom stereocenters. The van der Waals surface area contributed by atoms with Gasteiger partial charge in [0.1, 0.15) is 10.8 Å². The van der Waals surface area contributed by atoms with E-state index < -0.39 is 6.61 Å². The third-order valence-electron chi connectivity index (χ3n) is 4.45. The van der Waals surface area contributed by atoms with Gasteiger partial charge in [0.05, 0.1) is 12.7 Å². The van der Waals surface area contributed by atoms with Gasteiger partial charge in [0.25, 0.3) is 5.91 Å². The Balaban J connectivity index is 1.59. The number of ether oxygens (including phenoxy) is 2. The molecule has 0 aliphatic heterocycles. The molecule has 0 aliphatic rings. The highest BCUT2D eigenvalue weighted by molar-refractivity contribution is 7.98. The lowest BCUT2D eigenvalue weighted by atomic mass is 10.1. The first-order valence-corrected chi connectivity index (χ1v) is 10.7. The summed E-state index contributed by atoms with van der Waals surface area (Å²) in [6.07, 6.45) is 2.01. The fourth-order valence-corrected chi connectivity index (χ4v) is 3.84. The van der Waals surface area contributed by atoms with Gasteiger partial charge in [-0.05, 0) is 53.9 Å². The van der Waals surface area contributed by atoms with Crippen LogP contribution >= 0.6 is 11.8 Å². The number of carbonyl (C=O) groups is 1. The van der Waals surface area contributed by atoms with Crippen molar-refractivity contribution in [1.29, 1.82) is 0 Å². The van der Waals surface area contributed by atoms with Gasteiger partial charge in [0, 0.05) is 18.5 Å². The number of rotatable bonds is 10. The van der Waals surface area contributed by atoms with E-state index in [9.17, 15) is 18.0 Å². The summed E-state index contributed by atoms with van der Waals surface area (Å²) in [6.45, 7) is -2.67. The number of benzene rings is 2. The fourth-order valence-electron chi connectivity index (χ4n) is 2.89. The first kappa shape index (κ1) is 23.5. The number of amides is 1. The number of halogens is 3. The molecule has 5 nitrogen and oxygen atoms in total. The van der Waals surface area contributed by atoms with E-state index in [0.29, 0.717) is 28.3 Å². The zero-order valence-corrected chi connectivity index (χ0v) is 18.0. The Kier molecular flexibility index (Phi) is 8.38. The van der Waals surface area contributed by atoms with Gasteiger partial charge >= 0.3 is 6.61 Å². The Morgan fingerprint density at radius 1 is 1.09 bits per heavy atom. The molecule has 0 bridgehead atoms. The van der Waals surface area contributed by atoms with E-state index >= 15 is 0 Å². The summed E-state index contributed by atoms with van der Waals surface area (Å²) in [5.41, 5.74) is 2.05. The van der Waals surface area contributed by atoms with Crippen LogP contribution in [0.4, 0.5) is 13.2 Å². The van der Waals surface area contributed by atoms with Crippen molar-refractivity contribution in [2.24, 2.45) is 0 Å². The minimum absolute atomic E-state index is 0.0573. The highest BCUT2D eigenvalue weighted by atomic mass is 32.2. The summed E-state index contributed by atoms with van der Waals surface area (Å²) in [5.74, 6) is 0.0871. The van der Waals surface area contributed by atoms with Crippen LogP contribution < -0.4 is 14.8 Å². The molecule has 9 heteroatoms. The maximum Gasteiger partial charge on any atom is 0.387 e. The smallest absolute Gasteiger partial charge is 0.387 e. The predicted octanol–water partition coefficient (Wildman–Crippen LogP) is 5.10. The van der Waals surface area contributed by atoms with E-state index in [1.54, 1.807) is 42.6 Å². The second kappa shape index (κ2) is 11.4. The maximum atomic E-state index is 13.1. The Morgan fingerprint density at radius 3 is 2.56 bits per heavy atom. The Morgan fingerprint density at radius 2 is 1.84 bits per heavy atom. The van der Waals surface area contributed by atoms with Gasteiger partial charge in [-0.25, -0.2) is 9.37 Å². The van der Waals surface area contributed by atoms with E-state index in [2.05, 4.69) is 15.0 Å². The molecule has 0 saturated carbocycles. The molecular formula is C23H21F3N2O3S. The minimum atomic E-state index is -2.96. The van der Waals surface area contributed by atoms with E-state index in [4.69, 9.17) is 4.74 Å². The topological polar surface area (TPSA) is 60.5 Å². The van der Waals surface area contributed by atoms with Crippen LogP contribution in [-0.2, 0) is 12.2 Å². The first-order valence-electron chi connectivity index (χ1n) is 9.68. The van der Waals surface area contributed by atoms with Crippen LogP contribution in [-0.4, -0.2) is 31.2 Å². The summed E-state index contributed by atoms with van der Waals surface area (Å²) in [7, 11) is 1.37. The molecule has 1 amide bonds. The molecule has 0 radical (unpaired) electrons. The molecule has 3 rings (SSSR count). The van der Waals surface area contributed by atoms with E-state index in [0.717, 1.165) is 5.56 Å². The van der Waals surface area contributed by atoms with Gasteiger partial charge in [0.15, 0.2) is 11.5 Å². The average Bonchev–Trinajstić information content (AvgIpc) is 2.78. The quantitative estimate of drug-likeness (QED) is 0.425. The highest BCUT2D eigenvalue weighted by Crippen LogP contribution is 2.29. The van der Waals surface area contributed by atoms with Gasteiger partial charge in [-0.15, -0.1) is 11.8 Å². The summed E-state index contributed by atoms with van der Waals surface area (Å²) < 4.78 is 47.7. The zero-order valence-electron chi connectivity index (χ0n) is 17.2. The molecule has 0 atom stereocenters. The van der Waals surface area contributed by atoms with Crippen molar-refractivity contribution in [3.8, 4) is 11.5 Å². The molecule has 168 valence electrons. The number of carbonyl (C=O) groups excluding carboxylic acids is 1. The number of nitrogens with zero attached hydrogens (tertiary/aromatic N) is 1. The molecule has 1 aromatic heterocycles. The van der Waals surface area contributed by atoms with Crippen molar-refractivity contribution >= 4 is 17.7 Å².